The van der Waals surface area contributed by atoms with Crippen LogP contribution in [-0.4, -0.2) is 13.7 Å². The smallest absolute Gasteiger partial charge is 0.137 e. The average Bonchev–Trinajstić information content (AvgIpc) is 2.54. The van der Waals surface area contributed by atoms with Crippen LogP contribution in [0.2, 0.25) is 5.02 Å². The molecule has 3 nitrogen and oxygen atoms in total. The minimum absolute atomic E-state index is 0.249. The van der Waals surface area contributed by atoms with Gasteiger partial charge in [-0.3, -0.25) is 0 Å². The molecule has 0 heterocycles. The van der Waals surface area contributed by atoms with Crippen LogP contribution >= 0.6 is 11.6 Å². The van der Waals surface area contributed by atoms with Crippen LogP contribution in [0, 0.1) is 11.3 Å². The SMILES string of the molecule is CCOc1ccc(CC(C#N)c2ccc(OC)c(Cl)c2)cc1. The molecule has 0 aromatic heterocycles. The highest BCUT2D eigenvalue weighted by Gasteiger charge is 2.14. The van der Waals surface area contributed by atoms with Crippen molar-refractivity contribution in [1.82, 2.24) is 0 Å². The second-order valence-electron chi connectivity index (χ2n) is 4.86. The zero-order valence-electron chi connectivity index (χ0n) is 12.7. The van der Waals surface area contributed by atoms with E-state index in [-0.39, 0.29) is 5.92 Å². The second-order valence-corrected chi connectivity index (χ2v) is 5.26. The fraction of sp³-hybridized carbons (Fsp3) is 0.278. The standard InChI is InChI=1S/C18H18ClNO2/c1-3-22-16-7-4-13(5-8-16)10-15(12-20)14-6-9-18(21-2)17(19)11-14/h4-9,11,15H,3,10H2,1-2H3. The zero-order valence-corrected chi connectivity index (χ0v) is 13.4. The number of methoxy groups -OCH3 is 1. The molecule has 0 saturated carbocycles. The summed E-state index contributed by atoms with van der Waals surface area (Å²) >= 11 is 6.14. The van der Waals surface area contributed by atoms with Crippen LogP contribution in [0.4, 0.5) is 0 Å². The van der Waals surface area contributed by atoms with Crippen molar-refractivity contribution < 1.29 is 9.47 Å². The van der Waals surface area contributed by atoms with Crippen molar-refractivity contribution in [3.8, 4) is 17.6 Å². The summed E-state index contributed by atoms with van der Waals surface area (Å²) in [6, 6.07) is 15.6. The maximum Gasteiger partial charge on any atom is 0.137 e. The van der Waals surface area contributed by atoms with Gasteiger partial charge in [0.25, 0.3) is 0 Å². The van der Waals surface area contributed by atoms with Crippen LogP contribution in [0.15, 0.2) is 42.5 Å². The second kappa shape index (κ2) is 7.72. The largest absolute Gasteiger partial charge is 0.495 e. The predicted octanol–water partition coefficient (Wildman–Crippen LogP) is 4.60. The number of halogens is 1. The molecular weight excluding hydrogens is 298 g/mol. The molecule has 0 radical (unpaired) electrons. The average molecular weight is 316 g/mol. The molecule has 0 fully saturated rings. The van der Waals surface area contributed by atoms with Crippen molar-refractivity contribution in [2.75, 3.05) is 13.7 Å². The summed E-state index contributed by atoms with van der Waals surface area (Å²) in [5.41, 5.74) is 1.98. The van der Waals surface area contributed by atoms with Gasteiger partial charge in [0.2, 0.25) is 0 Å². The van der Waals surface area contributed by atoms with E-state index in [1.807, 2.05) is 37.3 Å². The fourth-order valence-corrected chi connectivity index (χ4v) is 2.53. The monoisotopic (exact) mass is 315 g/mol. The third-order valence-corrected chi connectivity index (χ3v) is 3.70. The van der Waals surface area contributed by atoms with Crippen molar-refractivity contribution in [1.29, 1.82) is 5.26 Å². The normalized spacial score (nSPS) is 11.5. The molecule has 4 heteroatoms. The van der Waals surface area contributed by atoms with Crippen LogP contribution in [0.5, 0.6) is 11.5 Å². The highest BCUT2D eigenvalue weighted by atomic mass is 35.5. The number of nitriles is 1. The Hall–Kier alpha value is -2.18. The first-order valence-corrected chi connectivity index (χ1v) is 7.50. The molecule has 0 bridgehead atoms. The summed E-state index contributed by atoms with van der Waals surface area (Å²) in [7, 11) is 1.57. The molecule has 2 aromatic carbocycles. The van der Waals surface area contributed by atoms with Gasteiger partial charge in [0, 0.05) is 0 Å². The first-order chi connectivity index (χ1) is 10.7. The lowest BCUT2D eigenvalue weighted by molar-refractivity contribution is 0.340. The molecule has 0 aliphatic heterocycles. The van der Waals surface area contributed by atoms with Crippen LogP contribution in [-0.2, 0) is 6.42 Å². The van der Waals surface area contributed by atoms with Crippen LogP contribution in [0.3, 0.4) is 0 Å². The lowest BCUT2D eigenvalue weighted by Gasteiger charge is -2.12. The number of benzene rings is 2. The maximum absolute atomic E-state index is 9.45. The Balaban J connectivity index is 2.15. The third kappa shape index (κ3) is 3.93. The number of nitrogens with zero attached hydrogens (tertiary/aromatic N) is 1. The van der Waals surface area contributed by atoms with E-state index in [1.54, 1.807) is 19.2 Å². The van der Waals surface area contributed by atoms with E-state index in [4.69, 9.17) is 21.1 Å². The summed E-state index contributed by atoms with van der Waals surface area (Å²) in [5.74, 6) is 1.21. The Kier molecular flexibility index (Phi) is 5.68. The molecule has 0 spiro atoms. The lowest BCUT2D eigenvalue weighted by atomic mass is 9.93. The van der Waals surface area contributed by atoms with Crippen molar-refractivity contribution in [3.05, 3.63) is 58.6 Å². The van der Waals surface area contributed by atoms with Crippen LogP contribution < -0.4 is 9.47 Å². The molecule has 0 aliphatic rings. The van der Waals surface area contributed by atoms with E-state index < -0.39 is 0 Å². The first kappa shape index (κ1) is 16.2. The van der Waals surface area contributed by atoms with Gasteiger partial charge < -0.3 is 9.47 Å². The Labute approximate surface area is 136 Å². The number of rotatable bonds is 6. The highest BCUT2D eigenvalue weighted by molar-refractivity contribution is 6.32. The molecule has 0 amide bonds. The summed E-state index contributed by atoms with van der Waals surface area (Å²) in [6.45, 7) is 2.59. The van der Waals surface area contributed by atoms with E-state index >= 15 is 0 Å². The van der Waals surface area contributed by atoms with Gasteiger partial charge in [-0.2, -0.15) is 5.26 Å². The van der Waals surface area contributed by atoms with Crippen molar-refractivity contribution in [3.63, 3.8) is 0 Å². The van der Waals surface area contributed by atoms with Crippen LogP contribution in [0.25, 0.3) is 0 Å². The van der Waals surface area contributed by atoms with Gasteiger partial charge in [-0.25, -0.2) is 0 Å². The van der Waals surface area contributed by atoms with Gasteiger partial charge in [-0.1, -0.05) is 29.8 Å². The Bertz CT molecular complexity index is 662. The molecule has 2 aromatic rings. The molecule has 114 valence electrons. The molecule has 0 saturated heterocycles. The quantitative estimate of drug-likeness (QED) is 0.782. The van der Waals surface area contributed by atoms with Crippen molar-refractivity contribution in [2.45, 2.75) is 19.3 Å². The molecule has 1 unspecified atom stereocenters. The van der Waals surface area contributed by atoms with E-state index in [0.717, 1.165) is 16.9 Å². The number of hydrogen-bond donors (Lipinski definition) is 0. The minimum atomic E-state index is -0.249. The van der Waals surface area contributed by atoms with Crippen LogP contribution in [0.1, 0.15) is 24.0 Å². The molecule has 1 atom stereocenters. The molecule has 22 heavy (non-hydrogen) atoms. The lowest BCUT2D eigenvalue weighted by Crippen LogP contribution is -2.01. The Morgan fingerprint density at radius 3 is 2.45 bits per heavy atom. The number of hydrogen-bond acceptors (Lipinski definition) is 3. The Morgan fingerprint density at radius 1 is 1.18 bits per heavy atom. The van der Waals surface area contributed by atoms with Gasteiger partial charge in [0.15, 0.2) is 0 Å². The molecule has 0 N–H and O–H groups in total. The Morgan fingerprint density at radius 2 is 1.91 bits per heavy atom. The van der Waals surface area contributed by atoms with E-state index in [0.29, 0.717) is 23.8 Å². The topological polar surface area (TPSA) is 42.2 Å². The van der Waals surface area contributed by atoms with E-state index in [9.17, 15) is 5.26 Å². The fourth-order valence-electron chi connectivity index (χ4n) is 2.26. The third-order valence-electron chi connectivity index (χ3n) is 3.41. The summed E-state index contributed by atoms with van der Waals surface area (Å²) in [6.07, 6.45) is 0.631. The maximum atomic E-state index is 9.45. The van der Waals surface area contributed by atoms with Crippen molar-refractivity contribution >= 4 is 11.6 Å². The molecule has 2 rings (SSSR count). The van der Waals surface area contributed by atoms with E-state index in [2.05, 4.69) is 6.07 Å². The van der Waals surface area contributed by atoms with Crippen molar-refractivity contribution in [2.24, 2.45) is 0 Å². The predicted molar refractivity (Wildman–Crippen MR) is 87.7 cm³/mol. The van der Waals surface area contributed by atoms with Gasteiger partial charge >= 0.3 is 0 Å². The van der Waals surface area contributed by atoms with Gasteiger partial charge in [-0.05, 0) is 48.7 Å². The van der Waals surface area contributed by atoms with Gasteiger partial charge in [-0.15, -0.1) is 0 Å². The summed E-state index contributed by atoms with van der Waals surface area (Å²) in [5, 5.41) is 9.97. The summed E-state index contributed by atoms with van der Waals surface area (Å²) in [4.78, 5) is 0. The molecule has 0 aliphatic carbocycles. The molecular formula is C18H18ClNO2. The number of ether oxygens (including phenoxy) is 2. The minimum Gasteiger partial charge on any atom is -0.495 e. The highest BCUT2D eigenvalue weighted by Crippen LogP contribution is 2.30. The van der Waals surface area contributed by atoms with Gasteiger partial charge in [0.1, 0.15) is 11.5 Å². The summed E-state index contributed by atoms with van der Waals surface area (Å²) < 4.78 is 10.6. The first-order valence-electron chi connectivity index (χ1n) is 7.12. The van der Waals surface area contributed by atoms with E-state index in [1.165, 1.54) is 0 Å². The van der Waals surface area contributed by atoms with Gasteiger partial charge in [0.05, 0.1) is 30.7 Å². The zero-order chi connectivity index (χ0) is 15.9.